The van der Waals surface area contributed by atoms with Gasteiger partial charge in [-0.15, -0.1) is 0 Å². The molecule has 0 aliphatic heterocycles. The molecule has 4 heteroatoms. The molecule has 15 heavy (non-hydrogen) atoms. The van der Waals surface area contributed by atoms with E-state index < -0.39 is 17.6 Å². The predicted octanol–water partition coefficient (Wildman–Crippen LogP) is 2.22. The molecule has 0 aromatic rings. The van der Waals surface area contributed by atoms with Crippen molar-refractivity contribution >= 4 is 12.0 Å². The van der Waals surface area contributed by atoms with E-state index in [-0.39, 0.29) is 0 Å². The SMILES string of the molecule is CCCCC(N=C=O)C(=O)OC(C)(C)C. The van der Waals surface area contributed by atoms with Gasteiger partial charge in [-0.3, -0.25) is 0 Å². The average molecular weight is 213 g/mol. The lowest BCUT2D eigenvalue weighted by molar-refractivity contribution is -0.156. The molecule has 0 N–H and O–H groups in total. The summed E-state index contributed by atoms with van der Waals surface area (Å²) in [4.78, 5) is 25.2. The number of unbranched alkanes of at least 4 members (excludes halogenated alkanes) is 1. The fourth-order valence-corrected chi connectivity index (χ4v) is 1.07. The van der Waals surface area contributed by atoms with Gasteiger partial charge in [-0.05, 0) is 27.2 Å². The van der Waals surface area contributed by atoms with Gasteiger partial charge in [0.05, 0.1) is 0 Å². The van der Waals surface area contributed by atoms with Gasteiger partial charge in [-0.2, -0.15) is 4.99 Å². The van der Waals surface area contributed by atoms with Crippen LogP contribution < -0.4 is 0 Å². The van der Waals surface area contributed by atoms with Crippen LogP contribution in [-0.4, -0.2) is 23.7 Å². The van der Waals surface area contributed by atoms with Crippen molar-refractivity contribution in [1.29, 1.82) is 0 Å². The van der Waals surface area contributed by atoms with Gasteiger partial charge in [-0.1, -0.05) is 19.8 Å². The van der Waals surface area contributed by atoms with Crippen molar-refractivity contribution in [2.75, 3.05) is 0 Å². The van der Waals surface area contributed by atoms with Gasteiger partial charge in [-0.25, -0.2) is 9.59 Å². The van der Waals surface area contributed by atoms with Gasteiger partial charge in [0.15, 0.2) is 6.04 Å². The molecule has 0 aromatic carbocycles. The molecule has 0 heterocycles. The minimum absolute atomic E-state index is 0.445. The Morgan fingerprint density at radius 1 is 1.47 bits per heavy atom. The highest BCUT2D eigenvalue weighted by atomic mass is 16.6. The van der Waals surface area contributed by atoms with Crippen molar-refractivity contribution in [3.8, 4) is 0 Å². The van der Waals surface area contributed by atoms with Gasteiger partial charge in [0.2, 0.25) is 6.08 Å². The molecular formula is C11H19NO3. The second-order valence-corrected chi connectivity index (χ2v) is 4.41. The molecule has 1 atom stereocenters. The molecule has 0 fully saturated rings. The third-order valence-electron chi connectivity index (χ3n) is 1.72. The normalized spacial score (nSPS) is 12.8. The lowest BCUT2D eigenvalue weighted by Crippen LogP contribution is -2.30. The molecule has 0 aliphatic carbocycles. The molecule has 1 unspecified atom stereocenters. The third-order valence-corrected chi connectivity index (χ3v) is 1.72. The van der Waals surface area contributed by atoms with Gasteiger partial charge >= 0.3 is 5.97 Å². The number of rotatable bonds is 5. The molecule has 0 bridgehead atoms. The number of nitrogens with zero attached hydrogens (tertiary/aromatic N) is 1. The van der Waals surface area contributed by atoms with Crippen LogP contribution in [-0.2, 0) is 14.3 Å². The number of carbonyl (C=O) groups is 1. The molecule has 0 aromatic heterocycles. The van der Waals surface area contributed by atoms with Gasteiger partial charge < -0.3 is 4.74 Å². The Morgan fingerprint density at radius 2 is 2.07 bits per heavy atom. The van der Waals surface area contributed by atoms with E-state index in [1.807, 2.05) is 6.92 Å². The van der Waals surface area contributed by atoms with Crippen molar-refractivity contribution in [3.05, 3.63) is 0 Å². The van der Waals surface area contributed by atoms with Crippen LogP contribution in [0.4, 0.5) is 0 Å². The molecule has 4 nitrogen and oxygen atoms in total. The monoisotopic (exact) mass is 213 g/mol. The summed E-state index contributed by atoms with van der Waals surface area (Å²) in [6, 6.07) is -0.693. The zero-order valence-electron chi connectivity index (χ0n) is 9.87. The summed E-state index contributed by atoms with van der Waals surface area (Å²) in [7, 11) is 0. The van der Waals surface area contributed by atoms with Crippen molar-refractivity contribution < 1.29 is 14.3 Å². The first-order valence-electron chi connectivity index (χ1n) is 5.20. The molecule has 0 saturated heterocycles. The lowest BCUT2D eigenvalue weighted by Gasteiger charge is -2.21. The summed E-state index contributed by atoms with van der Waals surface area (Å²) in [6.07, 6.45) is 3.75. The first kappa shape index (κ1) is 13.8. The van der Waals surface area contributed by atoms with Crippen LogP contribution in [0.5, 0.6) is 0 Å². The zero-order valence-corrected chi connectivity index (χ0v) is 9.87. The number of esters is 1. The second-order valence-electron chi connectivity index (χ2n) is 4.41. The summed E-state index contributed by atoms with van der Waals surface area (Å²) in [5.41, 5.74) is -0.542. The van der Waals surface area contributed by atoms with E-state index in [9.17, 15) is 9.59 Å². The largest absolute Gasteiger partial charge is 0.458 e. The molecule has 0 radical (unpaired) electrons. The Labute approximate surface area is 90.7 Å². The summed E-state index contributed by atoms with van der Waals surface area (Å²) in [5.74, 6) is -0.445. The van der Waals surface area contributed by atoms with E-state index in [2.05, 4.69) is 4.99 Å². The van der Waals surface area contributed by atoms with Gasteiger partial charge in [0.1, 0.15) is 5.60 Å². The van der Waals surface area contributed by atoms with Crippen LogP contribution in [0, 0.1) is 0 Å². The van der Waals surface area contributed by atoms with E-state index in [0.29, 0.717) is 6.42 Å². The maximum Gasteiger partial charge on any atom is 0.332 e. The van der Waals surface area contributed by atoms with Gasteiger partial charge in [0.25, 0.3) is 0 Å². The van der Waals surface area contributed by atoms with Crippen molar-refractivity contribution in [2.45, 2.75) is 58.6 Å². The number of isocyanates is 1. The highest BCUT2D eigenvalue weighted by Gasteiger charge is 2.24. The van der Waals surface area contributed by atoms with Crippen LogP contribution in [0.25, 0.3) is 0 Å². The lowest BCUT2D eigenvalue weighted by atomic mass is 10.1. The Bertz CT molecular complexity index is 249. The first-order valence-corrected chi connectivity index (χ1v) is 5.20. The Kier molecular flexibility index (Phi) is 5.87. The third kappa shape index (κ3) is 6.86. The quantitative estimate of drug-likeness (QED) is 0.399. The fourth-order valence-electron chi connectivity index (χ4n) is 1.07. The molecule has 86 valence electrons. The summed E-state index contributed by atoms with van der Waals surface area (Å²) >= 11 is 0. The maximum absolute atomic E-state index is 11.6. The van der Waals surface area contributed by atoms with Crippen molar-refractivity contribution in [2.24, 2.45) is 4.99 Å². The van der Waals surface area contributed by atoms with Crippen LogP contribution in [0.1, 0.15) is 47.0 Å². The summed E-state index contributed by atoms with van der Waals surface area (Å²) < 4.78 is 5.14. The molecular weight excluding hydrogens is 194 g/mol. The molecule has 0 aliphatic rings. The van der Waals surface area contributed by atoms with E-state index in [4.69, 9.17) is 4.74 Å². The Hall–Kier alpha value is -1.15. The maximum atomic E-state index is 11.6. The summed E-state index contributed by atoms with van der Waals surface area (Å²) in [6.45, 7) is 7.36. The van der Waals surface area contributed by atoms with E-state index in [0.717, 1.165) is 12.8 Å². The number of hydrogen-bond acceptors (Lipinski definition) is 4. The smallest absolute Gasteiger partial charge is 0.332 e. The fraction of sp³-hybridized carbons (Fsp3) is 0.818. The molecule has 0 amide bonds. The van der Waals surface area contributed by atoms with Crippen LogP contribution in [0.3, 0.4) is 0 Å². The van der Waals surface area contributed by atoms with Crippen LogP contribution in [0.2, 0.25) is 0 Å². The molecule has 0 saturated carbocycles. The summed E-state index contributed by atoms with van der Waals surface area (Å²) in [5, 5.41) is 0. The van der Waals surface area contributed by atoms with Crippen molar-refractivity contribution in [3.63, 3.8) is 0 Å². The van der Waals surface area contributed by atoms with Crippen LogP contribution in [0.15, 0.2) is 4.99 Å². The van der Waals surface area contributed by atoms with E-state index in [1.165, 1.54) is 6.08 Å². The number of ether oxygens (including phenoxy) is 1. The van der Waals surface area contributed by atoms with Crippen LogP contribution >= 0.6 is 0 Å². The Balaban J connectivity index is 4.35. The average Bonchev–Trinajstić information content (AvgIpc) is 2.09. The van der Waals surface area contributed by atoms with E-state index in [1.54, 1.807) is 20.8 Å². The van der Waals surface area contributed by atoms with Crippen molar-refractivity contribution in [1.82, 2.24) is 0 Å². The zero-order chi connectivity index (χ0) is 11.9. The van der Waals surface area contributed by atoms with Gasteiger partial charge in [0, 0.05) is 0 Å². The molecule has 0 spiro atoms. The Morgan fingerprint density at radius 3 is 2.47 bits per heavy atom. The minimum Gasteiger partial charge on any atom is -0.458 e. The van der Waals surface area contributed by atoms with E-state index >= 15 is 0 Å². The highest BCUT2D eigenvalue weighted by molar-refractivity contribution is 5.77. The first-order chi connectivity index (χ1) is 6.90. The predicted molar refractivity (Wildman–Crippen MR) is 57.3 cm³/mol. The number of carbonyl (C=O) groups excluding carboxylic acids is 2. The molecule has 0 rings (SSSR count). The number of aliphatic imine (C=N–C) groups is 1. The minimum atomic E-state index is -0.693. The standard InChI is InChI=1S/C11H19NO3/c1-5-6-7-9(12-8-13)10(14)15-11(2,3)4/h9H,5-7H2,1-4H3. The second kappa shape index (κ2) is 6.36. The number of hydrogen-bond donors (Lipinski definition) is 0. The highest BCUT2D eigenvalue weighted by Crippen LogP contribution is 2.13. The topological polar surface area (TPSA) is 55.7 Å².